The Morgan fingerprint density at radius 1 is 1.14 bits per heavy atom. The number of rotatable bonds is 6. The van der Waals surface area contributed by atoms with E-state index in [0.717, 1.165) is 10.1 Å². The van der Waals surface area contributed by atoms with Gasteiger partial charge in [-0.3, -0.25) is 18.7 Å². The van der Waals surface area contributed by atoms with Crippen molar-refractivity contribution in [1.82, 2.24) is 19.0 Å². The molecule has 0 aliphatic carbocycles. The minimum absolute atomic E-state index is 0.214. The van der Waals surface area contributed by atoms with Gasteiger partial charge >= 0.3 is 5.69 Å². The summed E-state index contributed by atoms with van der Waals surface area (Å²) in [7, 11) is 4.57. The van der Waals surface area contributed by atoms with Crippen LogP contribution >= 0.6 is 0 Å². The first kappa shape index (κ1) is 19.6. The van der Waals surface area contributed by atoms with Gasteiger partial charge in [0.25, 0.3) is 11.5 Å². The van der Waals surface area contributed by atoms with Crippen molar-refractivity contribution in [1.29, 1.82) is 0 Å². The molecule has 1 atom stereocenters. The molecule has 0 radical (unpaired) electrons. The van der Waals surface area contributed by atoms with E-state index in [9.17, 15) is 14.4 Å². The lowest BCUT2D eigenvalue weighted by molar-refractivity contribution is 0.0928. The fourth-order valence-corrected chi connectivity index (χ4v) is 3.33. The third kappa shape index (κ3) is 3.38. The highest BCUT2D eigenvalue weighted by molar-refractivity contribution is 5.98. The van der Waals surface area contributed by atoms with E-state index in [1.807, 2.05) is 37.3 Å². The number of aryl methyl sites for hydroxylation is 1. The first-order valence-electron chi connectivity index (χ1n) is 9.00. The van der Waals surface area contributed by atoms with Crippen LogP contribution in [0.15, 0.2) is 46.0 Å². The summed E-state index contributed by atoms with van der Waals surface area (Å²) >= 11 is 0. The minimum Gasteiger partial charge on any atom is -0.383 e. The first-order valence-corrected chi connectivity index (χ1v) is 9.00. The number of hydrogen-bond donors (Lipinski definition) is 1. The molecule has 3 aromatic rings. The number of carbonyl (C=O) groups is 1. The van der Waals surface area contributed by atoms with E-state index < -0.39 is 11.2 Å². The molecule has 1 aromatic carbocycles. The molecule has 0 aliphatic heterocycles. The summed E-state index contributed by atoms with van der Waals surface area (Å²) in [5.74, 6) is -0.321. The van der Waals surface area contributed by atoms with Crippen molar-refractivity contribution in [2.24, 2.45) is 14.1 Å². The minimum atomic E-state index is -0.445. The number of carbonyl (C=O) groups excluding carboxylic acids is 1. The number of aromatic nitrogens is 3. The van der Waals surface area contributed by atoms with Crippen molar-refractivity contribution in [3.8, 4) is 0 Å². The molecule has 3 rings (SSSR count). The maximum atomic E-state index is 13.0. The highest BCUT2D eigenvalue weighted by atomic mass is 16.5. The van der Waals surface area contributed by atoms with Gasteiger partial charge in [-0.05, 0) is 18.6 Å². The molecule has 8 heteroatoms. The van der Waals surface area contributed by atoms with Crippen LogP contribution in [0.5, 0.6) is 0 Å². The summed E-state index contributed by atoms with van der Waals surface area (Å²) < 4.78 is 9.23. The van der Waals surface area contributed by atoms with Crippen LogP contribution in [0.1, 0.15) is 29.0 Å². The molecule has 0 saturated heterocycles. The largest absolute Gasteiger partial charge is 0.383 e. The molecule has 0 saturated carbocycles. The predicted molar refractivity (Wildman–Crippen MR) is 107 cm³/mol. The van der Waals surface area contributed by atoms with Crippen LogP contribution in [0, 0.1) is 0 Å². The molecule has 0 spiro atoms. The van der Waals surface area contributed by atoms with Crippen LogP contribution in [0.2, 0.25) is 0 Å². The molecule has 0 fully saturated rings. The second kappa shape index (κ2) is 7.85. The maximum Gasteiger partial charge on any atom is 0.332 e. The normalized spacial score (nSPS) is 12.3. The smallest absolute Gasteiger partial charge is 0.332 e. The van der Waals surface area contributed by atoms with Gasteiger partial charge in [-0.15, -0.1) is 0 Å². The quantitative estimate of drug-likeness (QED) is 0.691. The van der Waals surface area contributed by atoms with Gasteiger partial charge in [0.15, 0.2) is 0 Å². The Morgan fingerprint density at radius 3 is 2.46 bits per heavy atom. The highest BCUT2D eigenvalue weighted by Gasteiger charge is 2.22. The summed E-state index contributed by atoms with van der Waals surface area (Å²) in [5, 5.41) is 3.28. The molecule has 2 aromatic heterocycles. The van der Waals surface area contributed by atoms with Gasteiger partial charge in [0.1, 0.15) is 11.3 Å². The highest BCUT2D eigenvalue weighted by Crippen LogP contribution is 2.18. The number of methoxy groups -OCH3 is 1. The zero-order valence-electron chi connectivity index (χ0n) is 16.4. The molecule has 2 heterocycles. The van der Waals surface area contributed by atoms with Crippen molar-refractivity contribution < 1.29 is 9.53 Å². The van der Waals surface area contributed by atoms with E-state index in [1.165, 1.54) is 11.6 Å². The second-order valence-corrected chi connectivity index (χ2v) is 6.72. The number of nitrogens with zero attached hydrogens (tertiary/aromatic N) is 3. The Balaban J connectivity index is 2.10. The zero-order chi connectivity index (χ0) is 20.4. The van der Waals surface area contributed by atoms with Crippen molar-refractivity contribution in [3.63, 3.8) is 0 Å². The summed E-state index contributed by atoms with van der Waals surface area (Å²) in [6.45, 7) is 2.56. The van der Waals surface area contributed by atoms with E-state index in [2.05, 4.69) is 5.32 Å². The Morgan fingerprint density at radius 2 is 1.82 bits per heavy atom. The summed E-state index contributed by atoms with van der Waals surface area (Å²) in [6, 6.07) is 10.9. The Bertz CT molecular complexity index is 1130. The predicted octanol–water partition coefficient (Wildman–Crippen LogP) is 1.18. The number of ether oxygens (including phenoxy) is 1. The Labute approximate surface area is 162 Å². The number of nitrogens with one attached hydrogen (secondary N) is 1. The van der Waals surface area contributed by atoms with Gasteiger partial charge in [0.05, 0.1) is 18.0 Å². The SMILES string of the molecule is COCCn1c(C(=O)NC(C)c2ccccc2)cc2c(=O)n(C)c(=O)n(C)c21. The number of fused-ring (bicyclic) bond motifs is 1. The number of hydrogen-bond acceptors (Lipinski definition) is 4. The molecule has 1 N–H and O–H groups in total. The fraction of sp³-hybridized carbons (Fsp3) is 0.350. The van der Waals surface area contributed by atoms with E-state index >= 15 is 0 Å². The van der Waals surface area contributed by atoms with Crippen LogP contribution in [0.3, 0.4) is 0 Å². The molecule has 1 unspecified atom stereocenters. The van der Waals surface area contributed by atoms with Crippen LogP contribution < -0.4 is 16.6 Å². The molecule has 148 valence electrons. The summed E-state index contributed by atoms with van der Waals surface area (Å²) in [4.78, 5) is 37.9. The number of benzene rings is 1. The van der Waals surface area contributed by atoms with Gasteiger partial charge in [-0.1, -0.05) is 30.3 Å². The zero-order valence-corrected chi connectivity index (χ0v) is 16.4. The van der Waals surface area contributed by atoms with Crippen molar-refractivity contribution in [2.75, 3.05) is 13.7 Å². The molecule has 0 aliphatic rings. The average molecular weight is 384 g/mol. The standard InChI is InChI=1S/C20H24N4O4/c1-13(14-8-6-5-7-9-14)21-17(25)16-12-15-18(24(16)10-11-28-4)22(2)20(27)23(3)19(15)26/h5-9,12-13H,10-11H2,1-4H3,(H,21,25). The first-order chi connectivity index (χ1) is 13.4. The van der Waals surface area contributed by atoms with Crippen LogP contribution in [0.4, 0.5) is 0 Å². The van der Waals surface area contributed by atoms with Crippen LogP contribution in [-0.2, 0) is 25.4 Å². The molecule has 1 amide bonds. The van der Waals surface area contributed by atoms with Gasteiger partial charge in [0, 0.05) is 27.7 Å². The van der Waals surface area contributed by atoms with E-state index in [1.54, 1.807) is 24.8 Å². The van der Waals surface area contributed by atoms with Gasteiger partial charge in [0.2, 0.25) is 0 Å². The fourth-order valence-electron chi connectivity index (χ4n) is 3.33. The molecular formula is C20H24N4O4. The molecule has 28 heavy (non-hydrogen) atoms. The van der Waals surface area contributed by atoms with E-state index in [4.69, 9.17) is 4.74 Å². The third-order valence-corrected chi connectivity index (χ3v) is 4.89. The van der Waals surface area contributed by atoms with Crippen LogP contribution in [-0.4, -0.2) is 33.3 Å². The number of amides is 1. The van der Waals surface area contributed by atoms with Gasteiger partial charge < -0.3 is 14.6 Å². The lowest BCUT2D eigenvalue weighted by atomic mass is 10.1. The summed E-state index contributed by atoms with van der Waals surface area (Å²) in [5.41, 5.74) is 0.813. The topological polar surface area (TPSA) is 87.3 Å². The van der Waals surface area contributed by atoms with Gasteiger partial charge in [-0.2, -0.15) is 0 Å². The van der Waals surface area contributed by atoms with E-state index in [-0.39, 0.29) is 11.9 Å². The molecule has 8 nitrogen and oxygen atoms in total. The third-order valence-electron chi connectivity index (χ3n) is 4.89. The Kier molecular flexibility index (Phi) is 5.51. The van der Waals surface area contributed by atoms with Crippen molar-refractivity contribution >= 4 is 16.9 Å². The lowest BCUT2D eigenvalue weighted by Crippen LogP contribution is -2.37. The monoisotopic (exact) mass is 384 g/mol. The molecular weight excluding hydrogens is 360 g/mol. The lowest BCUT2D eigenvalue weighted by Gasteiger charge is -2.16. The van der Waals surface area contributed by atoms with Crippen molar-refractivity contribution in [2.45, 2.75) is 19.5 Å². The average Bonchev–Trinajstić information content (AvgIpc) is 3.09. The van der Waals surface area contributed by atoms with Crippen molar-refractivity contribution in [3.05, 3.63) is 68.5 Å². The Hall–Kier alpha value is -3.13. The maximum absolute atomic E-state index is 13.0. The van der Waals surface area contributed by atoms with Gasteiger partial charge in [-0.25, -0.2) is 4.79 Å². The van der Waals surface area contributed by atoms with Crippen LogP contribution in [0.25, 0.3) is 11.0 Å². The summed E-state index contributed by atoms with van der Waals surface area (Å²) in [6.07, 6.45) is 0. The second-order valence-electron chi connectivity index (χ2n) is 6.72. The molecule has 0 bridgehead atoms. The van der Waals surface area contributed by atoms with E-state index in [0.29, 0.717) is 29.9 Å².